The molecule has 2 aromatic carbocycles. The molecule has 5 saturated heterocycles. The predicted octanol–water partition coefficient (Wildman–Crippen LogP) is 3.90. The van der Waals surface area contributed by atoms with Gasteiger partial charge in [0.1, 0.15) is 17.9 Å². The minimum Gasteiger partial charge on any atom is -0.371 e. The van der Waals surface area contributed by atoms with E-state index in [-0.39, 0.29) is 30.6 Å². The summed E-state index contributed by atoms with van der Waals surface area (Å²) >= 11 is 6.23. The smallest absolute Gasteiger partial charge is 0.262 e. The highest BCUT2D eigenvalue weighted by Gasteiger charge is 2.47. The Morgan fingerprint density at radius 2 is 1.56 bits per heavy atom. The van der Waals surface area contributed by atoms with Gasteiger partial charge in [-0.3, -0.25) is 34.2 Å². The van der Waals surface area contributed by atoms with Gasteiger partial charge in [-0.2, -0.15) is 5.26 Å². The predicted molar refractivity (Wildman–Crippen MR) is 213 cm³/mol. The van der Waals surface area contributed by atoms with Crippen LogP contribution in [0.4, 0.5) is 22.9 Å². The molecule has 15 heteroatoms. The summed E-state index contributed by atoms with van der Waals surface area (Å²) in [5, 5.41) is 14.9. The number of piperidine rings is 3. The maximum atomic E-state index is 13.3. The van der Waals surface area contributed by atoms with E-state index in [9.17, 15) is 24.0 Å². The van der Waals surface area contributed by atoms with Crippen molar-refractivity contribution in [2.45, 2.75) is 44.6 Å². The molecule has 1 aromatic heterocycles. The molecule has 9 rings (SSSR count). The number of hydrogen-bond donors (Lipinski definition) is 2. The number of rotatable bonds is 8. The van der Waals surface area contributed by atoms with E-state index in [1.54, 1.807) is 18.2 Å². The Bertz CT molecular complexity index is 2180. The van der Waals surface area contributed by atoms with Gasteiger partial charge >= 0.3 is 0 Å². The molecule has 294 valence electrons. The number of nitrogens with zero attached hydrogens (tertiary/aromatic N) is 7. The van der Waals surface area contributed by atoms with Crippen LogP contribution in [0.2, 0.25) is 5.02 Å². The van der Waals surface area contributed by atoms with Crippen LogP contribution < -0.4 is 25.3 Å². The van der Waals surface area contributed by atoms with E-state index in [4.69, 9.17) is 16.9 Å². The van der Waals surface area contributed by atoms with E-state index in [1.165, 1.54) is 0 Å². The summed E-state index contributed by atoms with van der Waals surface area (Å²) in [4.78, 5) is 78.4. The number of halogens is 1. The highest BCUT2D eigenvalue weighted by molar-refractivity contribution is 6.32. The number of pyridine rings is 1. The largest absolute Gasteiger partial charge is 0.371 e. The zero-order valence-electron chi connectivity index (χ0n) is 31.6. The maximum Gasteiger partial charge on any atom is 0.262 e. The maximum absolute atomic E-state index is 13.3. The molecule has 14 nitrogen and oxygen atoms in total. The lowest BCUT2D eigenvalue weighted by Crippen LogP contribution is -2.61. The third-order valence-electron chi connectivity index (χ3n) is 12.9. The Hall–Kier alpha value is -5.52. The van der Waals surface area contributed by atoms with Gasteiger partial charge in [0.05, 0.1) is 33.6 Å². The molecule has 1 atom stereocenters. The fourth-order valence-electron chi connectivity index (χ4n) is 9.46. The van der Waals surface area contributed by atoms with E-state index < -0.39 is 23.8 Å². The van der Waals surface area contributed by atoms with Crippen LogP contribution in [0.15, 0.2) is 54.7 Å². The van der Waals surface area contributed by atoms with Crippen molar-refractivity contribution in [3.8, 4) is 6.07 Å². The lowest BCUT2D eigenvalue weighted by Gasteiger charge is -2.55. The lowest BCUT2D eigenvalue weighted by atomic mass is 9.71. The number of benzene rings is 2. The summed E-state index contributed by atoms with van der Waals surface area (Å²) < 4.78 is 0. The summed E-state index contributed by atoms with van der Waals surface area (Å²) in [6.45, 7) is 8.42. The number of nitriles is 1. The van der Waals surface area contributed by atoms with E-state index in [1.807, 2.05) is 36.5 Å². The number of carbonyl (C=O) groups excluding carboxylic acids is 5. The van der Waals surface area contributed by atoms with Crippen LogP contribution in [-0.2, 0) is 14.4 Å². The van der Waals surface area contributed by atoms with Crippen molar-refractivity contribution in [1.82, 2.24) is 20.1 Å². The van der Waals surface area contributed by atoms with Gasteiger partial charge in [-0.25, -0.2) is 4.98 Å². The molecule has 1 spiro atoms. The van der Waals surface area contributed by atoms with E-state index in [0.717, 1.165) is 107 Å². The Kier molecular flexibility index (Phi) is 9.61. The average Bonchev–Trinajstić information content (AvgIpc) is 3.43. The van der Waals surface area contributed by atoms with Gasteiger partial charge in [-0.15, -0.1) is 0 Å². The molecule has 0 bridgehead atoms. The van der Waals surface area contributed by atoms with Crippen molar-refractivity contribution >= 4 is 64.0 Å². The zero-order chi connectivity index (χ0) is 39.4. The van der Waals surface area contributed by atoms with Crippen molar-refractivity contribution in [3.05, 3.63) is 76.4 Å². The van der Waals surface area contributed by atoms with Gasteiger partial charge in [0.25, 0.3) is 11.8 Å². The topological polar surface area (TPSA) is 162 Å². The molecule has 5 fully saturated rings. The van der Waals surface area contributed by atoms with Gasteiger partial charge in [-0.1, -0.05) is 11.6 Å². The molecule has 5 amide bonds. The lowest BCUT2D eigenvalue weighted by molar-refractivity contribution is -0.136. The molecule has 0 aliphatic carbocycles. The molecule has 57 heavy (non-hydrogen) atoms. The second-order valence-electron chi connectivity index (χ2n) is 16.5. The van der Waals surface area contributed by atoms with Crippen molar-refractivity contribution in [1.29, 1.82) is 5.26 Å². The molecule has 2 N–H and O–H groups in total. The molecule has 0 saturated carbocycles. The second kappa shape index (κ2) is 14.8. The molecule has 3 aromatic rings. The van der Waals surface area contributed by atoms with Crippen LogP contribution >= 0.6 is 11.6 Å². The van der Waals surface area contributed by atoms with Gasteiger partial charge in [0.15, 0.2) is 0 Å². The number of carbonyl (C=O) groups is 5. The number of nitrogens with one attached hydrogen (secondary N) is 2. The summed E-state index contributed by atoms with van der Waals surface area (Å²) in [6, 6.07) is 15.9. The van der Waals surface area contributed by atoms with Crippen LogP contribution in [0.1, 0.15) is 64.8 Å². The van der Waals surface area contributed by atoms with Crippen molar-refractivity contribution in [3.63, 3.8) is 0 Å². The number of anilines is 4. The number of fused-ring (bicyclic) bond motifs is 1. The zero-order valence-corrected chi connectivity index (χ0v) is 32.3. The van der Waals surface area contributed by atoms with Gasteiger partial charge < -0.3 is 24.9 Å². The highest BCUT2D eigenvalue weighted by atomic mass is 35.5. The molecule has 7 heterocycles. The first-order valence-corrected chi connectivity index (χ1v) is 20.2. The fourth-order valence-corrected chi connectivity index (χ4v) is 9.67. The molecular weight excluding hydrogens is 746 g/mol. The molecule has 0 radical (unpaired) electrons. The third kappa shape index (κ3) is 7.08. The second-order valence-corrected chi connectivity index (χ2v) is 16.9. The van der Waals surface area contributed by atoms with Crippen LogP contribution in [0, 0.1) is 28.6 Å². The number of aromatic nitrogens is 1. The molecule has 1 unspecified atom stereocenters. The van der Waals surface area contributed by atoms with Crippen LogP contribution in [0.25, 0.3) is 0 Å². The summed E-state index contributed by atoms with van der Waals surface area (Å²) in [5.41, 5.74) is 4.34. The van der Waals surface area contributed by atoms with E-state index >= 15 is 0 Å². The fraction of sp³-hybridized carbons (Fsp3) is 0.452. The number of hydrogen-bond acceptors (Lipinski definition) is 11. The minimum atomic E-state index is -0.964. The first-order chi connectivity index (χ1) is 27.6. The molecular formula is C42H44ClN9O5. The van der Waals surface area contributed by atoms with Crippen LogP contribution in [-0.4, -0.2) is 109 Å². The summed E-state index contributed by atoms with van der Waals surface area (Å²) in [7, 11) is 0. The number of imide groups is 2. The third-order valence-corrected chi connectivity index (χ3v) is 13.2. The quantitative estimate of drug-likeness (QED) is 0.319. The van der Waals surface area contributed by atoms with Crippen molar-refractivity contribution in [2.24, 2.45) is 17.3 Å². The molecule has 6 aliphatic heterocycles. The monoisotopic (exact) mass is 789 g/mol. The normalized spacial score (nSPS) is 22.6. The SMILES string of the molecule is N#Cc1ccc(N2CCC(C(=O)Nc3ccc(N4CC5(CCN(CC6CN(c7ccc8c(c7)C(=O)N(C7CCC(=O)NC7=O)C8=O)C6)CC5)C4)cn3)CC2)cc1Cl. The van der Waals surface area contributed by atoms with Crippen molar-refractivity contribution in [2.75, 3.05) is 78.9 Å². The Morgan fingerprint density at radius 3 is 2.25 bits per heavy atom. The number of amides is 5. The summed E-state index contributed by atoms with van der Waals surface area (Å²) in [5.74, 6) is -0.956. The van der Waals surface area contributed by atoms with Gasteiger partial charge in [-0.05, 0) is 93.7 Å². The van der Waals surface area contributed by atoms with Gasteiger partial charge in [0, 0.05) is 80.9 Å². The van der Waals surface area contributed by atoms with Crippen molar-refractivity contribution < 1.29 is 24.0 Å². The Morgan fingerprint density at radius 1 is 0.860 bits per heavy atom. The Balaban J connectivity index is 0.694. The van der Waals surface area contributed by atoms with Crippen LogP contribution in [0.5, 0.6) is 0 Å². The van der Waals surface area contributed by atoms with E-state index in [0.29, 0.717) is 38.9 Å². The van der Waals surface area contributed by atoms with E-state index in [2.05, 4.69) is 41.3 Å². The van der Waals surface area contributed by atoms with Crippen LogP contribution in [0.3, 0.4) is 0 Å². The summed E-state index contributed by atoms with van der Waals surface area (Å²) in [6.07, 6.45) is 5.87. The Labute approximate surface area is 335 Å². The standard InChI is InChI=1S/C42H44ClN9O5/c43-34-18-30(2-1-28(34)19-44)49-13-9-27(10-14-49)38(54)46-36-7-4-31(20-45-36)51-24-42(25-51)11-15-48(16-12-42)21-26-22-50(23-26)29-3-5-32-33(17-29)41(57)52(40(32)56)35-6-8-37(53)47-39(35)55/h1-5,7,17-18,20,26-27,35H,6,8-16,21-25H2,(H,45,46,54)(H,47,53,55). The first-order valence-electron chi connectivity index (χ1n) is 19.9. The minimum absolute atomic E-state index is 0.00506. The number of likely N-dealkylation sites (tertiary alicyclic amines) is 1. The highest BCUT2D eigenvalue weighted by Crippen LogP contribution is 2.43. The average molecular weight is 790 g/mol. The van der Waals surface area contributed by atoms with Gasteiger partial charge in [0.2, 0.25) is 17.7 Å². The first kappa shape index (κ1) is 37.1. The molecule has 6 aliphatic rings.